The second-order valence-corrected chi connectivity index (χ2v) is 6.13. The fourth-order valence-corrected chi connectivity index (χ4v) is 1.58. The van der Waals surface area contributed by atoms with Gasteiger partial charge >= 0.3 is 0 Å². The molecule has 6 nitrogen and oxygen atoms in total. The number of halogens is 1. The summed E-state index contributed by atoms with van der Waals surface area (Å²) in [6, 6.07) is 0. The SMILES string of the molecule is CCn1cc(OCCOCCS(=O)(=O)Cl)cn1. The number of aryl methyl sites for hydroxylation is 1. The number of ether oxygens (including phenoxy) is 2. The third-order valence-electron chi connectivity index (χ3n) is 1.90. The normalized spacial score (nSPS) is 11.6. The lowest BCUT2D eigenvalue weighted by Gasteiger charge is -2.04. The summed E-state index contributed by atoms with van der Waals surface area (Å²) < 4.78 is 33.3. The van der Waals surface area contributed by atoms with Crippen molar-refractivity contribution in [3.05, 3.63) is 12.4 Å². The Morgan fingerprint density at radius 2 is 2.18 bits per heavy atom. The molecule has 0 aliphatic heterocycles. The van der Waals surface area contributed by atoms with E-state index in [1.54, 1.807) is 17.1 Å². The van der Waals surface area contributed by atoms with Gasteiger partial charge in [-0.25, -0.2) is 8.42 Å². The summed E-state index contributed by atoms with van der Waals surface area (Å²) >= 11 is 0. The van der Waals surface area contributed by atoms with Crippen molar-refractivity contribution in [2.45, 2.75) is 13.5 Å². The van der Waals surface area contributed by atoms with E-state index >= 15 is 0 Å². The topological polar surface area (TPSA) is 70.4 Å². The van der Waals surface area contributed by atoms with Gasteiger partial charge in [-0.2, -0.15) is 5.10 Å². The molecule has 1 rings (SSSR count). The van der Waals surface area contributed by atoms with E-state index in [2.05, 4.69) is 5.10 Å². The van der Waals surface area contributed by atoms with Crippen molar-refractivity contribution >= 4 is 19.7 Å². The van der Waals surface area contributed by atoms with E-state index in [0.717, 1.165) is 6.54 Å². The maximum absolute atomic E-state index is 10.6. The Labute approximate surface area is 105 Å². The van der Waals surface area contributed by atoms with Crippen LogP contribution in [0.2, 0.25) is 0 Å². The van der Waals surface area contributed by atoms with Gasteiger partial charge < -0.3 is 9.47 Å². The predicted molar refractivity (Wildman–Crippen MR) is 63.9 cm³/mol. The molecule has 0 atom stereocenters. The van der Waals surface area contributed by atoms with Gasteiger partial charge in [-0.05, 0) is 6.92 Å². The minimum Gasteiger partial charge on any atom is -0.488 e. The Hall–Kier alpha value is -0.790. The molecule has 8 heteroatoms. The lowest BCUT2D eigenvalue weighted by atomic mass is 10.6. The van der Waals surface area contributed by atoms with E-state index in [0.29, 0.717) is 19.0 Å². The van der Waals surface area contributed by atoms with Crippen LogP contribution in [-0.4, -0.2) is 43.8 Å². The Balaban J connectivity index is 2.08. The van der Waals surface area contributed by atoms with Crippen LogP contribution in [-0.2, 0) is 20.3 Å². The second kappa shape index (κ2) is 6.83. The number of nitrogens with zero attached hydrogens (tertiary/aromatic N) is 2. The molecular formula is C9H15ClN2O4S. The van der Waals surface area contributed by atoms with E-state index in [9.17, 15) is 8.42 Å². The first-order valence-corrected chi connectivity index (χ1v) is 7.64. The minimum atomic E-state index is -3.47. The molecule has 1 heterocycles. The highest BCUT2D eigenvalue weighted by Gasteiger charge is 2.04. The maximum atomic E-state index is 10.6. The number of rotatable bonds is 8. The van der Waals surface area contributed by atoms with Crippen LogP contribution in [0.3, 0.4) is 0 Å². The van der Waals surface area contributed by atoms with E-state index in [-0.39, 0.29) is 12.4 Å². The molecule has 0 bridgehead atoms. The van der Waals surface area contributed by atoms with Gasteiger partial charge in [0.25, 0.3) is 0 Å². The zero-order valence-corrected chi connectivity index (χ0v) is 11.1. The van der Waals surface area contributed by atoms with E-state index in [4.69, 9.17) is 20.2 Å². The first-order chi connectivity index (χ1) is 8.01. The third-order valence-corrected chi connectivity index (χ3v) is 3.02. The van der Waals surface area contributed by atoms with Gasteiger partial charge in [-0.3, -0.25) is 4.68 Å². The van der Waals surface area contributed by atoms with Gasteiger partial charge in [-0.15, -0.1) is 0 Å². The smallest absolute Gasteiger partial charge is 0.234 e. The monoisotopic (exact) mass is 282 g/mol. The van der Waals surface area contributed by atoms with E-state index < -0.39 is 9.05 Å². The van der Waals surface area contributed by atoms with Crippen molar-refractivity contribution in [2.24, 2.45) is 0 Å². The Morgan fingerprint density at radius 1 is 1.41 bits per heavy atom. The zero-order chi connectivity index (χ0) is 12.7. The van der Waals surface area contributed by atoms with Crippen LogP contribution in [0.15, 0.2) is 12.4 Å². The molecule has 0 spiro atoms. The highest BCUT2D eigenvalue weighted by Crippen LogP contribution is 2.07. The Kier molecular flexibility index (Phi) is 5.73. The highest BCUT2D eigenvalue weighted by atomic mass is 35.7. The molecule has 0 amide bonds. The van der Waals surface area contributed by atoms with Crippen LogP contribution >= 0.6 is 10.7 Å². The summed E-state index contributed by atoms with van der Waals surface area (Å²) in [7, 11) is 1.54. The van der Waals surface area contributed by atoms with Crippen LogP contribution in [0.1, 0.15) is 6.92 Å². The number of aromatic nitrogens is 2. The average Bonchev–Trinajstić information content (AvgIpc) is 2.69. The van der Waals surface area contributed by atoms with Crippen LogP contribution < -0.4 is 4.74 Å². The summed E-state index contributed by atoms with van der Waals surface area (Å²) in [5.41, 5.74) is 0. The summed E-state index contributed by atoms with van der Waals surface area (Å²) in [5, 5.41) is 4.04. The second-order valence-electron chi connectivity index (χ2n) is 3.24. The molecule has 1 aromatic rings. The fraction of sp³-hybridized carbons (Fsp3) is 0.667. The average molecular weight is 283 g/mol. The molecule has 0 radical (unpaired) electrons. The van der Waals surface area contributed by atoms with E-state index in [1.165, 1.54) is 0 Å². The molecule has 0 N–H and O–H groups in total. The minimum absolute atomic E-state index is 0.0728. The zero-order valence-electron chi connectivity index (χ0n) is 9.50. The maximum Gasteiger partial charge on any atom is 0.234 e. The molecule has 0 aliphatic rings. The molecule has 0 unspecified atom stereocenters. The van der Waals surface area contributed by atoms with Gasteiger partial charge in [0.05, 0.1) is 31.4 Å². The van der Waals surface area contributed by atoms with Gasteiger partial charge in [-0.1, -0.05) is 0 Å². The lowest BCUT2D eigenvalue weighted by Crippen LogP contribution is -2.11. The van der Waals surface area contributed by atoms with Crippen molar-refractivity contribution in [2.75, 3.05) is 25.6 Å². The van der Waals surface area contributed by atoms with Crippen LogP contribution in [0.25, 0.3) is 0 Å². The summed E-state index contributed by atoms with van der Waals surface area (Å²) in [6.45, 7) is 3.49. The van der Waals surface area contributed by atoms with Gasteiger partial charge in [0.2, 0.25) is 9.05 Å². The van der Waals surface area contributed by atoms with Crippen LogP contribution in [0.4, 0.5) is 0 Å². The summed E-state index contributed by atoms with van der Waals surface area (Å²) in [6.07, 6.45) is 3.40. The molecule has 0 saturated carbocycles. The highest BCUT2D eigenvalue weighted by molar-refractivity contribution is 8.13. The summed E-state index contributed by atoms with van der Waals surface area (Å²) in [5.74, 6) is 0.475. The van der Waals surface area contributed by atoms with Crippen molar-refractivity contribution in [1.29, 1.82) is 0 Å². The molecule has 17 heavy (non-hydrogen) atoms. The summed E-state index contributed by atoms with van der Waals surface area (Å²) in [4.78, 5) is 0. The first-order valence-electron chi connectivity index (χ1n) is 5.16. The molecule has 1 aromatic heterocycles. The van der Waals surface area contributed by atoms with Gasteiger partial charge in [0, 0.05) is 17.2 Å². The standard InChI is InChI=1S/C9H15ClN2O4S/c1-2-12-8-9(7-11-12)16-4-3-15-5-6-17(10,13)14/h7-8H,2-6H2,1H3. The first kappa shape index (κ1) is 14.3. The molecular weight excluding hydrogens is 268 g/mol. The largest absolute Gasteiger partial charge is 0.488 e. The molecule has 0 aromatic carbocycles. The Morgan fingerprint density at radius 3 is 2.76 bits per heavy atom. The third kappa shape index (κ3) is 6.50. The van der Waals surface area contributed by atoms with Crippen LogP contribution in [0, 0.1) is 0 Å². The number of hydrogen-bond donors (Lipinski definition) is 0. The van der Waals surface area contributed by atoms with Crippen molar-refractivity contribution in [3.8, 4) is 5.75 Å². The lowest BCUT2D eigenvalue weighted by molar-refractivity contribution is 0.111. The van der Waals surface area contributed by atoms with E-state index in [1.807, 2.05) is 6.92 Å². The number of hydrogen-bond acceptors (Lipinski definition) is 5. The van der Waals surface area contributed by atoms with Gasteiger partial charge in [0.1, 0.15) is 6.61 Å². The quantitative estimate of drug-likeness (QED) is 0.523. The fourth-order valence-electron chi connectivity index (χ4n) is 1.07. The molecule has 0 fully saturated rings. The van der Waals surface area contributed by atoms with Gasteiger partial charge in [0.15, 0.2) is 5.75 Å². The van der Waals surface area contributed by atoms with Crippen molar-refractivity contribution in [3.63, 3.8) is 0 Å². The Bertz CT molecular complexity index is 432. The van der Waals surface area contributed by atoms with Crippen molar-refractivity contribution in [1.82, 2.24) is 9.78 Å². The predicted octanol–water partition coefficient (Wildman–Crippen LogP) is 0.867. The van der Waals surface area contributed by atoms with Crippen LogP contribution in [0.5, 0.6) is 5.75 Å². The molecule has 0 aliphatic carbocycles. The van der Waals surface area contributed by atoms with Crippen molar-refractivity contribution < 1.29 is 17.9 Å². The molecule has 98 valence electrons. The molecule has 0 saturated heterocycles.